The van der Waals surface area contributed by atoms with Gasteiger partial charge in [-0.15, -0.1) is 22.7 Å². The van der Waals surface area contributed by atoms with E-state index in [0.29, 0.717) is 0 Å². The number of hydrogen-bond donors (Lipinski definition) is 0. The third-order valence-corrected chi connectivity index (χ3v) is 12.0. The van der Waals surface area contributed by atoms with Gasteiger partial charge in [0, 0.05) is 57.4 Å². The average Bonchev–Trinajstić information content (AvgIpc) is 3.73. The number of benzene rings is 8. The Kier molecular flexibility index (Phi) is 6.61. The Labute approximate surface area is 292 Å². The summed E-state index contributed by atoms with van der Waals surface area (Å²) in [6.45, 7) is 0. The van der Waals surface area contributed by atoms with Crippen LogP contribution in [0, 0.1) is 0 Å². The van der Waals surface area contributed by atoms with Crippen molar-refractivity contribution in [3.05, 3.63) is 176 Å². The summed E-state index contributed by atoms with van der Waals surface area (Å²) in [7, 11) is 0. The van der Waals surface area contributed by atoms with E-state index in [4.69, 9.17) is 0 Å². The SMILES string of the molecule is c1cc(-c2cccc3c2sc2ccccc23)cc(N(c2ccc(-c3ccc4ccccc4c3)cc2)c2ccc3c(c2)sc2ccccc23)c1. The molecule has 0 amide bonds. The molecule has 49 heavy (non-hydrogen) atoms. The van der Waals surface area contributed by atoms with Crippen molar-refractivity contribution in [2.24, 2.45) is 0 Å². The van der Waals surface area contributed by atoms with Crippen molar-refractivity contribution in [1.82, 2.24) is 0 Å². The van der Waals surface area contributed by atoms with Gasteiger partial charge < -0.3 is 4.90 Å². The minimum atomic E-state index is 1.13. The Balaban J connectivity index is 1.12. The summed E-state index contributed by atoms with van der Waals surface area (Å²) in [6, 6.07) is 64.5. The zero-order chi connectivity index (χ0) is 32.3. The number of fused-ring (bicyclic) bond motifs is 7. The zero-order valence-corrected chi connectivity index (χ0v) is 28.1. The molecule has 0 radical (unpaired) electrons. The minimum absolute atomic E-state index is 1.13. The Hall–Kier alpha value is -5.74. The average molecular weight is 660 g/mol. The molecule has 10 aromatic rings. The summed E-state index contributed by atoms with van der Waals surface area (Å²) in [5.41, 5.74) is 8.33. The Morgan fingerprint density at radius 2 is 0.959 bits per heavy atom. The van der Waals surface area contributed by atoms with Gasteiger partial charge in [-0.2, -0.15) is 0 Å². The monoisotopic (exact) mass is 659 g/mol. The summed E-state index contributed by atoms with van der Waals surface area (Å²) in [5.74, 6) is 0. The molecule has 10 rings (SSSR count). The van der Waals surface area contributed by atoms with E-state index < -0.39 is 0 Å². The third kappa shape index (κ3) is 4.82. The molecule has 0 atom stereocenters. The fourth-order valence-corrected chi connectivity index (χ4v) is 9.64. The third-order valence-electron chi connectivity index (χ3n) is 9.65. The van der Waals surface area contributed by atoms with Crippen LogP contribution in [0.1, 0.15) is 0 Å². The van der Waals surface area contributed by atoms with Crippen LogP contribution in [0.4, 0.5) is 17.1 Å². The topological polar surface area (TPSA) is 3.24 Å². The maximum absolute atomic E-state index is 2.41. The van der Waals surface area contributed by atoms with Gasteiger partial charge >= 0.3 is 0 Å². The Morgan fingerprint density at radius 1 is 0.327 bits per heavy atom. The van der Waals surface area contributed by atoms with E-state index in [1.54, 1.807) is 0 Å². The summed E-state index contributed by atoms with van der Waals surface area (Å²) >= 11 is 3.74. The molecular weight excluding hydrogens is 631 g/mol. The molecule has 0 N–H and O–H groups in total. The Morgan fingerprint density at radius 3 is 1.82 bits per heavy atom. The van der Waals surface area contributed by atoms with Crippen molar-refractivity contribution in [1.29, 1.82) is 0 Å². The van der Waals surface area contributed by atoms with E-state index in [0.717, 1.165) is 17.1 Å². The van der Waals surface area contributed by atoms with E-state index in [2.05, 4.69) is 181 Å². The first-order valence-corrected chi connectivity index (χ1v) is 18.2. The molecule has 0 aliphatic heterocycles. The van der Waals surface area contributed by atoms with Crippen molar-refractivity contribution in [2.75, 3.05) is 4.90 Å². The van der Waals surface area contributed by atoms with Crippen molar-refractivity contribution in [3.63, 3.8) is 0 Å². The molecule has 8 aromatic carbocycles. The highest BCUT2D eigenvalue weighted by Crippen LogP contribution is 2.44. The fourth-order valence-electron chi connectivity index (χ4n) is 7.26. The van der Waals surface area contributed by atoms with Crippen molar-refractivity contribution >= 4 is 90.9 Å². The van der Waals surface area contributed by atoms with E-state index in [9.17, 15) is 0 Å². The second-order valence-electron chi connectivity index (χ2n) is 12.6. The van der Waals surface area contributed by atoms with Crippen molar-refractivity contribution in [2.45, 2.75) is 0 Å². The summed E-state index contributed by atoms with van der Waals surface area (Å²) in [5, 5.41) is 7.79. The molecule has 230 valence electrons. The van der Waals surface area contributed by atoms with Gasteiger partial charge in [0.05, 0.1) is 0 Å². The predicted molar refractivity (Wildman–Crippen MR) is 215 cm³/mol. The number of hydrogen-bond acceptors (Lipinski definition) is 3. The lowest BCUT2D eigenvalue weighted by molar-refractivity contribution is 1.29. The van der Waals surface area contributed by atoms with Gasteiger partial charge in [-0.25, -0.2) is 0 Å². The van der Waals surface area contributed by atoms with Gasteiger partial charge in [0.25, 0.3) is 0 Å². The Bertz CT molecular complexity index is 2840. The maximum Gasteiger partial charge on any atom is 0.0476 e. The first kappa shape index (κ1) is 28.3. The standard InChI is InChI=1S/C46H29NS2/c1-2-10-32-27-33(20-19-30(32)9-1)31-21-23-35(24-22-31)47(37-25-26-41-39-13-3-5-17-43(39)48-45(41)29-37)36-12-7-11-34(28-36)38-15-8-16-42-40-14-4-6-18-44(40)49-46(38)42/h1-29H. The number of rotatable bonds is 5. The normalized spacial score (nSPS) is 11.7. The number of thiophene rings is 2. The smallest absolute Gasteiger partial charge is 0.0476 e. The highest BCUT2D eigenvalue weighted by atomic mass is 32.1. The van der Waals surface area contributed by atoms with Crippen molar-refractivity contribution in [3.8, 4) is 22.3 Å². The van der Waals surface area contributed by atoms with Crippen LogP contribution in [0.25, 0.3) is 73.4 Å². The summed E-state index contributed by atoms with van der Waals surface area (Å²) in [4.78, 5) is 2.41. The molecule has 1 nitrogen and oxygen atoms in total. The molecule has 2 heterocycles. The molecule has 0 saturated heterocycles. The lowest BCUT2D eigenvalue weighted by Crippen LogP contribution is -2.09. The highest BCUT2D eigenvalue weighted by molar-refractivity contribution is 7.26. The van der Waals surface area contributed by atoms with Crippen LogP contribution in [-0.2, 0) is 0 Å². The molecular formula is C46H29NS2. The molecule has 0 saturated carbocycles. The van der Waals surface area contributed by atoms with Crippen LogP contribution in [0.2, 0.25) is 0 Å². The van der Waals surface area contributed by atoms with Crippen LogP contribution < -0.4 is 4.90 Å². The highest BCUT2D eigenvalue weighted by Gasteiger charge is 2.17. The van der Waals surface area contributed by atoms with Gasteiger partial charge in [0.2, 0.25) is 0 Å². The summed E-state index contributed by atoms with van der Waals surface area (Å²) in [6.07, 6.45) is 0. The molecule has 0 aliphatic rings. The van der Waals surface area contributed by atoms with Crippen LogP contribution in [-0.4, -0.2) is 0 Å². The fraction of sp³-hybridized carbons (Fsp3) is 0. The molecule has 0 spiro atoms. The second kappa shape index (κ2) is 11.5. The lowest BCUT2D eigenvalue weighted by Gasteiger charge is -2.26. The van der Waals surface area contributed by atoms with Gasteiger partial charge in [-0.05, 0) is 87.6 Å². The number of nitrogens with zero attached hydrogens (tertiary/aromatic N) is 1. The van der Waals surface area contributed by atoms with Crippen LogP contribution in [0.3, 0.4) is 0 Å². The first-order valence-electron chi connectivity index (χ1n) is 16.6. The first-order chi connectivity index (χ1) is 24.3. The quantitative estimate of drug-likeness (QED) is 0.178. The molecule has 0 unspecified atom stereocenters. The van der Waals surface area contributed by atoms with Crippen LogP contribution >= 0.6 is 22.7 Å². The molecule has 0 fully saturated rings. The number of anilines is 3. The molecule has 2 aromatic heterocycles. The van der Waals surface area contributed by atoms with Crippen molar-refractivity contribution < 1.29 is 0 Å². The molecule has 0 bridgehead atoms. The van der Waals surface area contributed by atoms with Crippen LogP contribution in [0.5, 0.6) is 0 Å². The second-order valence-corrected chi connectivity index (χ2v) is 14.7. The van der Waals surface area contributed by atoms with Gasteiger partial charge in [-0.1, -0.05) is 121 Å². The van der Waals surface area contributed by atoms with E-state index >= 15 is 0 Å². The van der Waals surface area contributed by atoms with E-state index in [1.165, 1.54) is 73.4 Å². The maximum atomic E-state index is 2.41. The van der Waals surface area contributed by atoms with E-state index in [1.807, 2.05) is 22.7 Å². The molecule has 3 heteroatoms. The van der Waals surface area contributed by atoms with Gasteiger partial charge in [-0.3, -0.25) is 0 Å². The van der Waals surface area contributed by atoms with Crippen LogP contribution in [0.15, 0.2) is 176 Å². The minimum Gasteiger partial charge on any atom is -0.310 e. The summed E-state index contributed by atoms with van der Waals surface area (Å²) < 4.78 is 5.27. The lowest BCUT2D eigenvalue weighted by atomic mass is 10.00. The molecule has 0 aliphatic carbocycles. The largest absolute Gasteiger partial charge is 0.310 e. The predicted octanol–water partition coefficient (Wildman–Crippen LogP) is 14.4. The van der Waals surface area contributed by atoms with E-state index in [-0.39, 0.29) is 0 Å². The van der Waals surface area contributed by atoms with Gasteiger partial charge in [0.15, 0.2) is 0 Å². The van der Waals surface area contributed by atoms with Gasteiger partial charge in [0.1, 0.15) is 0 Å². The zero-order valence-electron chi connectivity index (χ0n) is 26.5.